The van der Waals surface area contributed by atoms with E-state index in [1.807, 2.05) is 13.0 Å². The van der Waals surface area contributed by atoms with E-state index in [0.29, 0.717) is 22.8 Å². The van der Waals surface area contributed by atoms with E-state index in [2.05, 4.69) is 22.9 Å². The van der Waals surface area contributed by atoms with Crippen LogP contribution in [0.5, 0.6) is 5.75 Å². The number of para-hydroxylation sites is 1. The minimum Gasteiger partial charge on any atom is -0.508 e. The Bertz CT molecular complexity index is 283. The standard InChI is InChI=1S/C7H13BrO.C6H6O/c1-3-7(9)5-4-6(2)8;7-6-4-2-1-3-5-6/h6H,3-5H2,1-2H3;1-5,7H. The van der Waals surface area contributed by atoms with Gasteiger partial charge in [-0.3, -0.25) is 4.79 Å². The summed E-state index contributed by atoms with van der Waals surface area (Å²) < 4.78 is 0. The van der Waals surface area contributed by atoms with Crippen LogP contribution in [0.25, 0.3) is 0 Å². The largest absolute Gasteiger partial charge is 0.508 e. The number of rotatable bonds is 4. The van der Waals surface area contributed by atoms with Gasteiger partial charge in [0.2, 0.25) is 0 Å². The van der Waals surface area contributed by atoms with Gasteiger partial charge in [0.05, 0.1) is 0 Å². The van der Waals surface area contributed by atoms with E-state index >= 15 is 0 Å². The minimum atomic E-state index is 0.322. The first-order valence-electron chi connectivity index (χ1n) is 5.46. The molecule has 1 rings (SSSR count). The molecule has 0 bridgehead atoms. The molecule has 2 nitrogen and oxygen atoms in total. The molecule has 0 radical (unpaired) electrons. The topological polar surface area (TPSA) is 37.3 Å². The summed E-state index contributed by atoms with van der Waals surface area (Å²) in [7, 11) is 0. The number of carbonyl (C=O) groups is 1. The summed E-state index contributed by atoms with van der Waals surface area (Å²) in [6.45, 7) is 3.96. The van der Waals surface area contributed by atoms with Gasteiger partial charge in [0.15, 0.2) is 0 Å². The number of phenolic OH excluding ortho intramolecular Hbond substituents is 1. The van der Waals surface area contributed by atoms with E-state index in [1.165, 1.54) is 0 Å². The van der Waals surface area contributed by atoms with Gasteiger partial charge in [0, 0.05) is 17.7 Å². The zero-order valence-electron chi connectivity index (χ0n) is 9.82. The van der Waals surface area contributed by atoms with Gasteiger partial charge >= 0.3 is 0 Å². The molecule has 0 saturated heterocycles. The molecule has 0 aliphatic heterocycles. The van der Waals surface area contributed by atoms with E-state index in [1.54, 1.807) is 24.3 Å². The van der Waals surface area contributed by atoms with E-state index in [9.17, 15) is 4.79 Å². The molecule has 1 atom stereocenters. The first-order valence-corrected chi connectivity index (χ1v) is 6.37. The van der Waals surface area contributed by atoms with Crippen molar-refractivity contribution in [2.45, 2.75) is 37.9 Å². The minimum absolute atomic E-state index is 0.322. The Morgan fingerprint density at radius 3 is 2.25 bits per heavy atom. The molecule has 16 heavy (non-hydrogen) atoms. The van der Waals surface area contributed by atoms with E-state index < -0.39 is 0 Å². The molecule has 0 aromatic heterocycles. The Balaban J connectivity index is 0.000000288. The number of Topliss-reactive ketones (excluding diaryl/α,β-unsaturated/α-hetero) is 1. The van der Waals surface area contributed by atoms with Gasteiger partial charge in [-0.05, 0) is 18.6 Å². The molecule has 0 aliphatic rings. The molecule has 0 heterocycles. The lowest BCUT2D eigenvalue weighted by molar-refractivity contribution is -0.118. The molecule has 0 spiro atoms. The number of phenols is 1. The van der Waals surface area contributed by atoms with Crippen molar-refractivity contribution in [3.63, 3.8) is 0 Å². The molecular formula is C13H19BrO2. The van der Waals surface area contributed by atoms with Crippen LogP contribution in [0.4, 0.5) is 0 Å². The normalized spacial score (nSPS) is 11.2. The predicted octanol–water partition coefficient (Wildman–Crippen LogP) is 3.92. The highest BCUT2D eigenvalue weighted by molar-refractivity contribution is 9.09. The zero-order valence-corrected chi connectivity index (χ0v) is 11.4. The summed E-state index contributed by atoms with van der Waals surface area (Å²) in [4.78, 5) is 11.2. The maximum absolute atomic E-state index is 10.7. The van der Waals surface area contributed by atoms with Crippen molar-refractivity contribution in [3.8, 4) is 5.75 Å². The molecule has 3 heteroatoms. The van der Waals surface area contributed by atoms with Crippen molar-refractivity contribution >= 4 is 21.7 Å². The molecule has 1 unspecified atom stereocenters. The fourth-order valence-electron chi connectivity index (χ4n) is 0.965. The molecule has 0 fully saturated rings. The highest BCUT2D eigenvalue weighted by Gasteiger charge is 2.00. The second kappa shape index (κ2) is 9.40. The van der Waals surface area contributed by atoms with Crippen LogP contribution >= 0.6 is 15.9 Å². The molecule has 0 amide bonds. The monoisotopic (exact) mass is 286 g/mol. The third-order valence-corrected chi connectivity index (χ3v) is 2.43. The number of hydrogen-bond acceptors (Lipinski definition) is 2. The first-order chi connectivity index (χ1) is 7.56. The number of aromatic hydroxyl groups is 1. The van der Waals surface area contributed by atoms with E-state index in [4.69, 9.17) is 5.11 Å². The number of ketones is 1. The van der Waals surface area contributed by atoms with Crippen LogP contribution in [0.1, 0.15) is 33.1 Å². The fraction of sp³-hybridized carbons (Fsp3) is 0.462. The molecular weight excluding hydrogens is 268 g/mol. The van der Waals surface area contributed by atoms with Crippen molar-refractivity contribution in [3.05, 3.63) is 30.3 Å². The van der Waals surface area contributed by atoms with Gasteiger partial charge < -0.3 is 5.11 Å². The van der Waals surface area contributed by atoms with Crippen LogP contribution in [0.15, 0.2) is 30.3 Å². The van der Waals surface area contributed by atoms with Crippen molar-refractivity contribution in [1.29, 1.82) is 0 Å². The Morgan fingerprint density at radius 2 is 1.94 bits per heavy atom. The average molecular weight is 287 g/mol. The molecule has 90 valence electrons. The molecule has 1 aromatic rings. The third kappa shape index (κ3) is 9.71. The number of carbonyl (C=O) groups excluding carboxylic acids is 1. The van der Waals surface area contributed by atoms with Crippen LogP contribution in [0, 0.1) is 0 Å². The van der Waals surface area contributed by atoms with Gasteiger partial charge in [-0.2, -0.15) is 0 Å². The van der Waals surface area contributed by atoms with Crippen LogP contribution < -0.4 is 0 Å². The Labute approximate surface area is 106 Å². The van der Waals surface area contributed by atoms with Gasteiger partial charge in [0.1, 0.15) is 11.5 Å². The second-order valence-electron chi connectivity index (χ2n) is 3.55. The van der Waals surface area contributed by atoms with Crippen molar-refractivity contribution in [2.24, 2.45) is 0 Å². The summed E-state index contributed by atoms with van der Waals surface area (Å²) in [6.07, 6.45) is 2.37. The zero-order chi connectivity index (χ0) is 12.4. The maximum Gasteiger partial charge on any atom is 0.132 e. The highest BCUT2D eigenvalue weighted by Crippen LogP contribution is 2.07. The van der Waals surface area contributed by atoms with E-state index in [0.717, 1.165) is 12.8 Å². The average Bonchev–Trinajstić information content (AvgIpc) is 2.27. The van der Waals surface area contributed by atoms with Crippen LogP contribution in [-0.4, -0.2) is 15.7 Å². The van der Waals surface area contributed by atoms with E-state index in [-0.39, 0.29) is 0 Å². The summed E-state index contributed by atoms with van der Waals surface area (Å²) in [5, 5.41) is 8.63. The van der Waals surface area contributed by atoms with Gasteiger partial charge in [-0.1, -0.05) is 48.0 Å². The first kappa shape index (κ1) is 15.2. The molecule has 1 aromatic carbocycles. The van der Waals surface area contributed by atoms with Crippen molar-refractivity contribution in [2.75, 3.05) is 0 Å². The number of benzene rings is 1. The summed E-state index contributed by atoms with van der Waals surface area (Å²) in [5.41, 5.74) is 0. The van der Waals surface area contributed by atoms with Crippen molar-refractivity contribution in [1.82, 2.24) is 0 Å². The van der Waals surface area contributed by atoms with Crippen LogP contribution in [0.2, 0.25) is 0 Å². The molecule has 0 aliphatic carbocycles. The lowest BCUT2D eigenvalue weighted by atomic mass is 10.1. The second-order valence-corrected chi connectivity index (χ2v) is 5.11. The molecule has 0 saturated carbocycles. The summed E-state index contributed by atoms with van der Waals surface area (Å²) in [5.74, 6) is 0.684. The lowest BCUT2D eigenvalue weighted by Gasteiger charge is -1.98. The number of alkyl halides is 1. The Kier molecular flexibility index (Phi) is 8.91. The quantitative estimate of drug-likeness (QED) is 0.852. The van der Waals surface area contributed by atoms with Crippen LogP contribution in [0.3, 0.4) is 0 Å². The SMILES string of the molecule is CCC(=O)CCC(C)Br.Oc1ccccc1. The number of halogens is 1. The fourth-order valence-corrected chi connectivity index (χ4v) is 1.19. The molecule has 1 N–H and O–H groups in total. The summed E-state index contributed by atoms with van der Waals surface area (Å²) >= 11 is 3.38. The van der Waals surface area contributed by atoms with Gasteiger partial charge in [-0.15, -0.1) is 0 Å². The smallest absolute Gasteiger partial charge is 0.132 e. The van der Waals surface area contributed by atoms with Crippen molar-refractivity contribution < 1.29 is 9.90 Å². The Morgan fingerprint density at radius 1 is 1.38 bits per heavy atom. The Hall–Kier alpha value is -0.830. The summed E-state index contributed by atoms with van der Waals surface area (Å²) in [6, 6.07) is 8.71. The maximum atomic E-state index is 10.7. The van der Waals surface area contributed by atoms with Crippen LogP contribution in [-0.2, 0) is 4.79 Å². The lowest BCUT2D eigenvalue weighted by Crippen LogP contribution is -1.98. The highest BCUT2D eigenvalue weighted by atomic mass is 79.9. The predicted molar refractivity (Wildman–Crippen MR) is 71.0 cm³/mol. The van der Waals surface area contributed by atoms with Gasteiger partial charge in [-0.25, -0.2) is 0 Å². The third-order valence-electron chi connectivity index (χ3n) is 1.97. The van der Waals surface area contributed by atoms with Gasteiger partial charge in [0.25, 0.3) is 0 Å². The number of hydrogen-bond donors (Lipinski definition) is 1.